The molecule has 0 aliphatic carbocycles. The molecular formula is C13H14ClNO3S. The monoisotopic (exact) mass is 299 g/mol. The number of carbonyl (C=O) groups is 2. The molecule has 6 heteroatoms. The zero-order chi connectivity index (χ0) is 13.8. The smallest absolute Gasteiger partial charge is 0.337 e. The Kier molecular flexibility index (Phi) is 4.71. The molecule has 19 heavy (non-hydrogen) atoms. The molecule has 1 heterocycles. The van der Waals surface area contributed by atoms with Crippen molar-refractivity contribution in [1.29, 1.82) is 0 Å². The van der Waals surface area contributed by atoms with Crippen LogP contribution < -0.4 is 5.32 Å². The number of carboxylic acids is 1. The fourth-order valence-corrected chi connectivity index (χ4v) is 3.34. The van der Waals surface area contributed by atoms with E-state index in [0.717, 1.165) is 24.3 Å². The van der Waals surface area contributed by atoms with Gasteiger partial charge in [0.05, 0.1) is 10.6 Å². The summed E-state index contributed by atoms with van der Waals surface area (Å²) >= 11 is 7.72. The molecule has 1 aliphatic heterocycles. The van der Waals surface area contributed by atoms with Crippen LogP contribution in [0.15, 0.2) is 18.2 Å². The number of aromatic carboxylic acids is 1. The molecule has 1 saturated heterocycles. The third kappa shape index (κ3) is 3.64. The summed E-state index contributed by atoms with van der Waals surface area (Å²) in [5.41, 5.74) is 0.576. The molecule has 2 N–H and O–H groups in total. The van der Waals surface area contributed by atoms with Crippen molar-refractivity contribution in [3.05, 3.63) is 28.8 Å². The first-order valence-electron chi connectivity index (χ1n) is 5.99. The Morgan fingerprint density at radius 1 is 1.32 bits per heavy atom. The van der Waals surface area contributed by atoms with Crippen molar-refractivity contribution >= 4 is 40.9 Å². The van der Waals surface area contributed by atoms with Gasteiger partial charge in [0.25, 0.3) is 0 Å². The van der Waals surface area contributed by atoms with Crippen LogP contribution in [0.4, 0.5) is 5.69 Å². The molecule has 0 aromatic heterocycles. The summed E-state index contributed by atoms with van der Waals surface area (Å²) in [6.45, 7) is 0. The molecule has 1 fully saturated rings. The minimum Gasteiger partial charge on any atom is -0.478 e. The SMILES string of the molecule is O=C(O)c1ccc(NC(=O)C2CCSCC2)cc1Cl. The van der Waals surface area contributed by atoms with Gasteiger partial charge in [-0.05, 0) is 42.5 Å². The van der Waals surface area contributed by atoms with E-state index in [2.05, 4.69) is 5.32 Å². The highest BCUT2D eigenvalue weighted by Crippen LogP contribution is 2.25. The predicted molar refractivity (Wildman–Crippen MR) is 77.1 cm³/mol. The van der Waals surface area contributed by atoms with E-state index in [1.54, 1.807) is 6.07 Å². The predicted octanol–water partition coefficient (Wildman–Crippen LogP) is 3.12. The van der Waals surface area contributed by atoms with Crippen molar-refractivity contribution < 1.29 is 14.7 Å². The number of carbonyl (C=O) groups excluding carboxylic acids is 1. The highest BCUT2D eigenvalue weighted by molar-refractivity contribution is 7.99. The van der Waals surface area contributed by atoms with E-state index in [-0.39, 0.29) is 22.4 Å². The maximum absolute atomic E-state index is 12.0. The molecule has 1 aromatic carbocycles. The van der Waals surface area contributed by atoms with Gasteiger partial charge < -0.3 is 10.4 Å². The van der Waals surface area contributed by atoms with Crippen LogP contribution in [0.3, 0.4) is 0 Å². The molecule has 1 amide bonds. The molecule has 0 bridgehead atoms. The lowest BCUT2D eigenvalue weighted by molar-refractivity contribution is -0.120. The summed E-state index contributed by atoms with van der Waals surface area (Å²) in [5.74, 6) is 0.971. The summed E-state index contributed by atoms with van der Waals surface area (Å²) in [6, 6.07) is 4.43. The number of anilines is 1. The van der Waals surface area contributed by atoms with Crippen molar-refractivity contribution in [2.45, 2.75) is 12.8 Å². The van der Waals surface area contributed by atoms with Crippen LogP contribution in [-0.4, -0.2) is 28.5 Å². The van der Waals surface area contributed by atoms with E-state index in [1.165, 1.54) is 12.1 Å². The first-order valence-corrected chi connectivity index (χ1v) is 7.52. The topological polar surface area (TPSA) is 66.4 Å². The Morgan fingerprint density at radius 2 is 2.00 bits per heavy atom. The van der Waals surface area contributed by atoms with Gasteiger partial charge in [-0.3, -0.25) is 4.79 Å². The number of benzene rings is 1. The summed E-state index contributed by atoms with van der Waals surface area (Å²) in [4.78, 5) is 22.8. The lowest BCUT2D eigenvalue weighted by Gasteiger charge is -2.20. The van der Waals surface area contributed by atoms with Crippen LogP contribution in [-0.2, 0) is 4.79 Å². The second-order valence-corrected chi connectivity index (χ2v) is 6.01. The van der Waals surface area contributed by atoms with Gasteiger partial charge in [-0.1, -0.05) is 11.6 Å². The maximum atomic E-state index is 12.0. The van der Waals surface area contributed by atoms with Gasteiger partial charge in [0.1, 0.15) is 0 Å². The Hall–Kier alpha value is -1.20. The van der Waals surface area contributed by atoms with Crippen molar-refractivity contribution in [1.82, 2.24) is 0 Å². The van der Waals surface area contributed by atoms with Gasteiger partial charge in [-0.15, -0.1) is 0 Å². The van der Waals surface area contributed by atoms with Gasteiger partial charge in [-0.25, -0.2) is 4.79 Å². The molecule has 1 aliphatic rings. The molecule has 0 unspecified atom stereocenters. The van der Waals surface area contributed by atoms with Crippen LogP contribution >= 0.6 is 23.4 Å². The Balaban J connectivity index is 2.04. The molecule has 0 atom stereocenters. The van der Waals surface area contributed by atoms with Crippen molar-refractivity contribution in [2.75, 3.05) is 16.8 Å². The highest BCUT2D eigenvalue weighted by Gasteiger charge is 2.21. The van der Waals surface area contributed by atoms with Crippen molar-refractivity contribution in [3.8, 4) is 0 Å². The standard InChI is InChI=1S/C13H14ClNO3S/c14-11-7-9(1-2-10(11)13(17)18)15-12(16)8-3-5-19-6-4-8/h1-2,7-8H,3-6H2,(H,15,16)(H,17,18). The van der Waals surface area contributed by atoms with Crippen molar-refractivity contribution in [3.63, 3.8) is 0 Å². The molecule has 2 rings (SSSR count). The van der Waals surface area contributed by atoms with Gasteiger partial charge >= 0.3 is 5.97 Å². The number of amides is 1. The second-order valence-electron chi connectivity index (χ2n) is 4.38. The van der Waals surface area contributed by atoms with Crippen LogP contribution in [0.1, 0.15) is 23.2 Å². The largest absolute Gasteiger partial charge is 0.478 e. The Bertz CT molecular complexity index is 501. The summed E-state index contributed by atoms with van der Waals surface area (Å²) in [6.07, 6.45) is 1.77. The Labute approximate surface area is 120 Å². The molecule has 0 spiro atoms. The first kappa shape index (κ1) is 14.2. The number of thioether (sulfide) groups is 1. The number of halogens is 1. The normalized spacial score (nSPS) is 16.1. The van der Waals surface area contributed by atoms with Crippen molar-refractivity contribution in [2.24, 2.45) is 5.92 Å². The maximum Gasteiger partial charge on any atom is 0.337 e. The third-order valence-corrected chi connectivity index (χ3v) is 4.42. The van der Waals surface area contributed by atoms with Crippen LogP contribution in [0.2, 0.25) is 5.02 Å². The zero-order valence-electron chi connectivity index (χ0n) is 10.2. The van der Waals surface area contributed by atoms with E-state index in [1.807, 2.05) is 11.8 Å². The second kappa shape index (κ2) is 6.30. The quantitative estimate of drug-likeness (QED) is 0.900. The van der Waals surface area contributed by atoms with E-state index in [9.17, 15) is 9.59 Å². The van der Waals surface area contributed by atoms with Gasteiger partial charge in [0.15, 0.2) is 0 Å². The fraction of sp³-hybridized carbons (Fsp3) is 0.385. The number of hydrogen-bond acceptors (Lipinski definition) is 3. The Morgan fingerprint density at radius 3 is 2.58 bits per heavy atom. The molecule has 1 aromatic rings. The average Bonchev–Trinajstić information content (AvgIpc) is 2.39. The van der Waals surface area contributed by atoms with E-state index in [4.69, 9.17) is 16.7 Å². The van der Waals surface area contributed by atoms with Gasteiger partial charge in [-0.2, -0.15) is 11.8 Å². The number of carboxylic acid groups (broad SMARTS) is 1. The molecule has 102 valence electrons. The van der Waals surface area contributed by atoms with Gasteiger partial charge in [0.2, 0.25) is 5.91 Å². The zero-order valence-corrected chi connectivity index (χ0v) is 11.8. The van der Waals surface area contributed by atoms with Crippen LogP contribution in [0.5, 0.6) is 0 Å². The third-order valence-electron chi connectivity index (χ3n) is 3.06. The van der Waals surface area contributed by atoms with E-state index >= 15 is 0 Å². The van der Waals surface area contributed by atoms with Crippen LogP contribution in [0, 0.1) is 5.92 Å². The van der Waals surface area contributed by atoms with Crippen LogP contribution in [0.25, 0.3) is 0 Å². The molecule has 0 saturated carbocycles. The van der Waals surface area contributed by atoms with E-state index < -0.39 is 5.97 Å². The van der Waals surface area contributed by atoms with Gasteiger partial charge in [0, 0.05) is 11.6 Å². The van der Waals surface area contributed by atoms with E-state index in [0.29, 0.717) is 5.69 Å². The average molecular weight is 300 g/mol. The molecule has 4 nitrogen and oxygen atoms in total. The lowest BCUT2D eigenvalue weighted by Crippen LogP contribution is -2.26. The fourth-order valence-electron chi connectivity index (χ4n) is 1.97. The first-order chi connectivity index (χ1) is 9.08. The molecule has 0 radical (unpaired) electrons. The highest BCUT2D eigenvalue weighted by atomic mass is 35.5. The summed E-state index contributed by atoms with van der Waals surface area (Å²) in [5, 5.41) is 11.8. The number of nitrogens with one attached hydrogen (secondary N) is 1. The minimum atomic E-state index is -1.08. The molecular weight excluding hydrogens is 286 g/mol. The number of rotatable bonds is 3. The summed E-state index contributed by atoms with van der Waals surface area (Å²) in [7, 11) is 0. The lowest BCUT2D eigenvalue weighted by atomic mass is 10.0. The minimum absolute atomic E-state index is 0.0144. The summed E-state index contributed by atoms with van der Waals surface area (Å²) < 4.78 is 0. The number of hydrogen-bond donors (Lipinski definition) is 2.